The molecule has 1 aliphatic heterocycles. The largest absolute Gasteiger partial charge is 0.369 e. The van der Waals surface area contributed by atoms with Crippen LogP contribution < -0.4 is 10.6 Å². The standard InChI is InChI=1S/C12H19N5O/c1-3-14-11-7-13-6-10(16-11)12(18)15-9-4-5-17(2)8-9/h6-7,9H,3-5,8H2,1-2H3,(H,14,16)(H,15,18). The summed E-state index contributed by atoms with van der Waals surface area (Å²) in [5.74, 6) is 0.483. The van der Waals surface area contributed by atoms with Gasteiger partial charge in [-0.15, -0.1) is 0 Å². The van der Waals surface area contributed by atoms with Crippen molar-refractivity contribution in [1.82, 2.24) is 20.2 Å². The lowest BCUT2D eigenvalue weighted by Crippen LogP contribution is -2.37. The third kappa shape index (κ3) is 3.16. The Balaban J connectivity index is 1.97. The number of nitrogens with zero attached hydrogens (tertiary/aromatic N) is 3. The second kappa shape index (κ2) is 5.77. The molecule has 2 N–H and O–H groups in total. The van der Waals surface area contributed by atoms with Crippen LogP contribution in [0.25, 0.3) is 0 Å². The van der Waals surface area contributed by atoms with Crippen molar-refractivity contribution in [3.63, 3.8) is 0 Å². The van der Waals surface area contributed by atoms with E-state index in [0.717, 1.165) is 26.1 Å². The minimum Gasteiger partial charge on any atom is -0.369 e. The molecule has 98 valence electrons. The third-order valence-corrected chi connectivity index (χ3v) is 2.95. The summed E-state index contributed by atoms with van der Waals surface area (Å²) in [6.07, 6.45) is 4.10. The summed E-state index contributed by atoms with van der Waals surface area (Å²) >= 11 is 0. The van der Waals surface area contributed by atoms with Gasteiger partial charge in [-0.05, 0) is 26.9 Å². The quantitative estimate of drug-likeness (QED) is 0.805. The Morgan fingerprint density at radius 1 is 1.56 bits per heavy atom. The predicted molar refractivity (Wildman–Crippen MR) is 69.6 cm³/mol. The van der Waals surface area contributed by atoms with Gasteiger partial charge in [-0.25, -0.2) is 4.98 Å². The van der Waals surface area contributed by atoms with Crippen LogP contribution >= 0.6 is 0 Å². The molecular formula is C12H19N5O. The van der Waals surface area contributed by atoms with E-state index in [9.17, 15) is 4.79 Å². The van der Waals surface area contributed by atoms with E-state index in [-0.39, 0.29) is 11.9 Å². The number of carbonyl (C=O) groups is 1. The third-order valence-electron chi connectivity index (χ3n) is 2.95. The maximum atomic E-state index is 12.0. The normalized spacial score (nSPS) is 19.8. The van der Waals surface area contributed by atoms with Crippen molar-refractivity contribution in [2.24, 2.45) is 0 Å². The molecule has 1 amide bonds. The van der Waals surface area contributed by atoms with Gasteiger partial charge >= 0.3 is 0 Å². The zero-order valence-corrected chi connectivity index (χ0v) is 10.8. The number of hydrogen-bond acceptors (Lipinski definition) is 5. The summed E-state index contributed by atoms with van der Waals surface area (Å²) in [5, 5.41) is 6.03. The summed E-state index contributed by atoms with van der Waals surface area (Å²) in [5.41, 5.74) is 0.364. The van der Waals surface area contributed by atoms with E-state index in [4.69, 9.17) is 0 Å². The summed E-state index contributed by atoms with van der Waals surface area (Å²) in [6, 6.07) is 0.215. The second-order valence-electron chi connectivity index (χ2n) is 4.54. The van der Waals surface area contributed by atoms with E-state index in [1.54, 1.807) is 6.20 Å². The molecule has 1 unspecified atom stereocenters. The molecule has 18 heavy (non-hydrogen) atoms. The summed E-state index contributed by atoms with van der Waals surface area (Å²) in [6.45, 7) is 4.65. The molecule has 1 fully saturated rings. The number of likely N-dealkylation sites (N-methyl/N-ethyl adjacent to an activating group) is 1. The fraction of sp³-hybridized carbons (Fsp3) is 0.583. The zero-order valence-electron chi connectivity index (χ0n) is 10.8. The highest BCUT2D eigenvalue weighted by Gasteiger charge is 2.22. The van der Waals surface area contributed by atoms with Crippen molar-refractivity contribution in [2.45, 2.75) is 19.4 Å². The molecule has 0 bridgehead atoms. The van der Waals surface area contributed by atoms with Gasteiger partial charge < -0.3 is 15.5 Å². The molecule has 6 nitrogen and oxygen atoms in total. The first-order valence-corrected chi connectivity index (χ1v) is 6.24. The molecule has 1 atom stereocenters. The molecule has 6 heteroatoms. The van der Waals surface area contributed by atoms with Crippen LogP contribution in [0.3, 0.4) is 0 Å². The maximum absolute atomic E-state index is 12.0. The fourth-order valence-corrected chi connectivity index (χ4v) is 2.05. The molecule has 1 saturated heterocycles. The van der Waals surface area contributed by atoms with Gasteiger partial charge in [0, 0.05) is 19.1 Å². The van der Waals surface area contributed by atoms with Gasteiger partial charge in [-0.3, -0.25) is 9.78 Å². The van der Waals surface area contributed by atoms with E-state index >= 15 is 0 Å². The smallest absolute Gasteiger partial charge is 0.271 e. The van der Waals surface area contributed by atoms with Crippen molar-refractivity contribution >= 4 is 11.7 Å². The first-order valence-electron chi connectivity index (χ1n) is 6.24. The SMILES string of the molecule is CCNc1cncc(C(=O)NC2CCN(C)C2)n1. The lowest BCUT2D eigenvalue weighted by molar-refractivity contribution is 0.0933. The van der Waals surface area contributed by atoms with Crippen LogP contribution in [-0.4, -0.2) is 53.5 Å². The molecule has 1 aromatic rings. The number of rotatable bonds is 4. The van der Waals surface area contributed by atoms with Crippen LogP contribution in [-0.2, 0) is 0 Å². The summed E-state index contributed by atoms with van der Waals surface area (Å²) in [4.78, 5) is 22.4. The van der Waals surface area contributed by atoms with Crippen molar-refractivity contribution in [2.75, 3.05) is 32.0 Å². The molecule has 2 heterocycles. The highest BCUT2D eigenvalue weighted by molar-refractivity contribution is 5.92. The number of aromatic nitrogens is 2. The van der Waals surface area contributed by atoms with E-state index in [0.29, 0.717) is 11.5 Å². The lowest BCUT2D eigenvalue weighted by atomic mass is 10.2. The van der Waals surface area contributed by atoms with E-state index in [1.807, 2.05) is 6.92 Å². The van der Waals surface area contributed by atoms with Gasteiger partial charge in [0.1, 0.15) is 11.5 Å². The molecule has 0 aromatic carbocycles. The summed E-state index contributed by atoms with van der Waals surface area (Å²) in [7, 11) is 2.05. The van der Waals surface area contributed by atoms with E-state index in [2.05, 4.69) is 32.5 Å². The van der Waals surface area contributed by atoms with Gasteiger partial charge in [0.25, 0.3) is 5.91 Å². The maximum Gasteiger partial charge on any atom is 0.271 e. The minimum atomic E-state index is -0.150. The molecule has 1 aromatic heterocycles. The first kappa shape index (κ1) is 12.8. The molecular weight excluding hydrogens is 230 g/mol. The lowest BCUT2D eigenvalue weighted by Gasteiger charge is -2.12. The first-order chi connectivity index (χ1) is 8.69. The highest BCUT2D eigenvalue weighted by atomic mass is 16.2. The van der Waals surface area contributed by atoms with Crippen LogP contribution in [0.5, 0.6) is 0 Å². The van der Waals surface area contributed by atoms with Crippen LogP contribution in [0.4, 0.5) is 5.82 Å². The predicted octanol–water partition coefficient (Wildman–Crippen LogP) is 0.342. The van der Waals surface area contributed by atoms with Crippen LogP contribution in [0, 0.1) is 0 Å². The Morgan fingerprint density at radius 3 is 3.06 bits per heavy atom. The van der Waals surface area contributed by atoms with Crippen LogP contribution in [0.1, 0.15) is 23.8 Å². The number of nitrogens with one attached hydrogen (secondary N) is 2. The number of amides is 1. The molecule has 0 radical (unpaired) electrons. The van der Waals surface area contributed by atoms with Crippen LogP contribution in [0.15, 0.2) is 12.4 Å². The second-order valence-corrected chi connectivity index (χ2v) is 4.54. The number of carbonyl (C=O) groups excluding carboxylic acids is 1. The van der Waals surface area contributed by atoms with E-state index < -0.39 is 0 Å². The Kier molecular flexibility index (Phi) is 4.09. The average molecular weight is 249 g/mol. The zero-order chi connectivity index (χ0) is 13.0. The van der Waals surface area contributed by atoms with Gasteiger partial charge in [-0.2, -0.15) is 0 Å². The summed E-state index contributed by atoms with van der Waals surface area (Å²) < 4.78 is 0. The minimum absolute atomic E-state index is 0.150. The van der Waals surface area contributed by atoms with Crippen molar-refractivity contribution < 1.29 is 4.79 Å². The van der Waals surface area contributed by atoms with Crippen molar-refractivity contribution in [3.05, 3.63) is 18.1 Å². The monoisotopic (exact) mass is 249 g/mol. The van der Waals surface area contributed by atoms with Crippen LogP contribution in [0.2, 0.25) is 0 Å². The van der Waals surface area contributed by atoms with Gasteiger partial charge in [-0.1, -0.05) is 0 Å². The molecule has 0 saturated carbocycles. The Labute approximate surface area is 107 Å². The Morgan fingerprint density at radius 2 is 2.39 bits per heavy atom. The van der Waals surface area contributed by atoms with Gasteiger partial charge in [0.15, 0.2) is 0 Å². The average Bonchev–Trinajstić information content (AvgIpc) is 2.75. The van der Waals surface area contributed by atoms with Crippen molar-refractivity contribution in [1.29, 1.82) is 0 Å². The number of hydrogen-bond donors (Lipinski definition) is 2. The Bertz CT molecular complexity index is 423. The molecule has 0 aliphatic carbocycles. The fourth-order valence-electron chi connectivity index (χ4n) is 2.05. The molecule has 2 rings (SSSR count). The number of likely N-dealkylation sites (tertiary alicyclic amines) is 1. The van der Waals surface area contributed by atoms with Gasteiger partial charge in [0.05, 0.1) is 12.4 Å². The van der Waals surface area contributed by atoms with E-state index in [1.165, 1.54) is 6.20 Å². The topological polar surface area (TPSA) is 70.2 Å². The highest BCUT2D eigenvalue weighted by Crippen LogP contribution is 2.08. The number of anilines is 1. The van der Waals surface area contributed by atoms with Gasteiger partial charge in [0.2, 0.25) is 0 Å². The molecule has 0 spiro atoms. The molecule has 1 aliphatic rings. The van der Waals surface area contributed by atoms with Crippen molar-refractivity contribution in [3.8, 4) is 0 Å². The Hall–Kier alpha value is -1.69.